The molecule has 130 valence electrons. The van der Waals surface area contributed by atoms with Crippen LogP contribution in [0.1, 0.15) is 12.6 Å². The SMILES string of the molecule is C=CS(=O)(=O)NC(O)[C@H]1O[C@@H](n2cnc3c(N)ncnc32)C[C@@H]1O. The number of nitrogen functional groups attached to an aromatic ring is 1. The number of fused-ring (bicyclic) bond motifs is 1. The molecule has 3 rings (SSSR count). The third-order valence-electron chi connectivity index (χ3n) is 3.65. The number of rotatable bonds is 5. The van der Waals surface area contributed by atoms with E-state index in [1.807, 2.05) is 4.72 Å². The lowest BCUT2D eigenvalue weighted by molar-refractivity contribution is -0.0844. The van der Waals surface area contributed by atoms with Crippen molar-refractivity contribution in [3.63, 3.8) is 0 Å². The van der Waals surface area contributed by atoms with Gasteiger partial charge in [-0.1, -0.05) is 6.58 Å². The molecule has 3 heterocycles. The van der Waals surface area contributed by atoms with Crippen molar-refractivity contribution >= 4 is 27.0 Å². The van der Waals surface area contributed by atoms with Gasteiger partial charge in [0.05, 0.1) is 12.4 Å². The Labute approximate surface area is 136 Å². The topological polar surface area (TPSA) is 165 Å². The lowest BCUT2D eigenvalue weighted by Crippen LogP contribution is -2.46. The van der Waals surface area contributed by atoms with Gasteiger partial charge < -0.3 is 20.7 Å². The number of hydrogen-bond donors (Lipinski definition) is 4. The molecule has 2 aromatic heterocycles. The van der Waals surface area contributed by atoms with E-state index in [0.717, 1.165) is 0 Å². The van der Waals surface area contributed by atoms with Crippen LogP contribution in [-0.4, -0.2) is 56.6 Å². The second-order valence-corrected chi connectivity index (χ2v) is 6.87. The number of sulfonamides is 1. The van der Waals surface area contributed by atoms with Crippen molar-refractivity contribution in [2.75, 3.05) is 5.73 Å². The molecule has 11 nitrogen and oxygen atoms in total. The summed E-state index contributed by atoms with van der Waals surface area (Å²) in [5.41, 5.74) is 6.50. The van der Waals surface area contributed by atoms with Crippen molar-refractivity contribution in [2.45, 2.75) is 31.1 Å². The summed E-state index contributed by atoms with van der Waals surface area (Å²) in [4.78, 5) is 12.0. The monoisotopic (exact) mass is 356 g/mol. The molecule has 5 N–H and O–H groups in total. The molecule has 1 unspecified atom stereocenters. The van der Waals surface area contributed by atoms with E-state index >= 15 is 0 Å². The van der Waals surface area contributed by atoms with Crippen molar-refractivity contribution in [3.05, 3.63) is 24.6 Å². The Balaban J connectivity index is 1.82. The Morgan fingerprint density at radius 1 is 1.50 bits per heavy atom. The Kier molecular flexibility index (Phi) is 4.23. The van der Waals surface area contributed by atoms with Crippen LogP contribution >= 0.6 is 0 Å². The van der Waals surface area contributed by atoms with Crippen molar-refractivity contribution in [1.82, 2.24) is 24.2 Å². The van der Waals surface area contributed by atoms with Crippen LogP contribution in [0.2, 0.25) is 0 Å². The zero-order chi connectivity index (χ0) is 17.5. The summed E-state index contributed by atoms with van der Waals surface area (Å²) in [5, 5.41) is 20.7. The lowest BCUT2D eigenvalue weighted by atomic mass is 10.1. The van der Waals surface area contributed by atoms with E-state index in [2.05, 4.69) is 21.5 Å². The Morgan fingerprint density at radius 3 is 2.96 bits per heavy atom. The highest BCUT2D eigenvalue weighted by atomic mass is 32.2. The number of nitrogens with zero attached hydrogens (tertiary/aromatic N) is 4. The first kappa shape index (κ1) is 16.7. The van der Waals surface area contributed by atoms with Crippen LogP contribution in [0.5, 0.6) is 0 Å². The predicted molar refractivity (Wildman–Crippen MR) is 82.5 cm³/mol. The van der Waals surface area contributed by atoms with Gasteiger partial charge in [0.1, 0.15) is 30.4 Å². The van der Waals surface area contributed by atoms with Crippen LogP contribution in [0.3, 0.4) is 0 Å². The first-order valence-corrected chi connectivity index (χ1v) is 8.46. The minimum absolute atomic E-state index is 0.104. The third kappa shape index (κ3) is 2.97. The summed E-state index contributed by atoms with van der Waals surface area (Å²) in [6.45, 7) is 3.13. The van der Waals surface area contributed by atoms with Gasteiger partial charge >= 0.3 is 0 Å². The number of aliphatic hydroxyl groups is 2. The van der Waals surface area contributed by atoms with E-state index in [1.165, 1.54) is 17.2 Å². The number of ether oxygens (including phenoxy) is 1. The maximum Gasteiger partial charge on any atom is 0.235 e. The van der Waals surface area contributed by atoms with Crippen LogP contribution < -0.4 is 10.5 Å². The van der Waals surface area contributed by atoms with E-state index in [4.69, 9.17) is 10.5 Å². The number of aliphatic hydroxyl groups excluding tert-OH is 2. The second-order valence-electron chi connectivity index (χ2n) is 5.22. The van der Waals surface area contributed by atoms with Crippen LogP contribution in [0.4, 0.5) is 5.82 Å². The van der Waals surface area contributed by atoms with Gasteiger partial charge in [-0.3, -0.25) is 4.57 Å². The first-order chi connectivity index (χ1) is 11.3. The molecule has 0 radical (unpaired) electrons. The maximum atomic E-state index is 11.4. The molecule has 0 aliphatic carbocycles. The van der Waals surface area contributed by atoms with Gasteiger partial charge in [0.15, 0.2) is 11.5 Å². The summed E-state index contributed by atoms with van der Waals surface area (Å²) in [5.74, 6) is 0.202. The molecule has 0 amide bonds. The lowest BCUT2D eigenvalue weighted by Gasteiger charge is -2.21. The molecule has 0 bridgehead atoms. The van der Waals surface area contributed by atoms with Crippen molar-refractivity contribution < 1.29 is 23.4 Å². The molecular weight excluding hydrogens is 340 g/mol. The molecule has 1 aliphatic rings. The summed E-state index contributed by atoms with van der Waals surface area (Å²) >= 11 is 0. The fourth-order valence-corrected chi connectivity index (χ4v) is 3.06. The molecule has 0 spiro atoms. The van der Waals surface area contributed by atoms with E-state index in [0.29, 0.717) is 16.6 Å². The first-order valence-electron chi connectivity index (χ1n) is 6.92. The highest BCUT2D eigenvalue weighted by Crippen LogP contribution is 2.32. The van der Waals surface area contributed by atoms with Gasteiger partial charge in [-0.05, 0) is 0 Å². The highest BCUT2D eigenvalue weighted by molar-refractivity contribution is 7.92. The minimum Gasteiger partial charge on any atom is -0.390 e. The summed E-state index contributed by atoms with van der Waals surface area (Å²) in [7, 11) is -3.87. The summed E-state index contributed by atoms with van der Waals surface area (Å²) in [6, 6.07) is 0. The second kappa shape index (κ2) is 6.07. The van der Waals surface area contributed by atoms with Crippen LogP contribution in [0.15, 0.2) is 24.6 Å². The van der Waals surface area contributed by atoms with Crippen molar-refractivity contribution in [1.29, 1.82) is 0 Å². The molecular formula is C12H16N6O5S. The smallest absolute Gasteiger partial charge is 0.235 e. The van der Waals surface area contributed by atoms with Crippen LogP contribution in [-0.2, 0) is 14.8 Å². The van der Waals surface area contributed by atoms with Gasteiger partial charge in [-0.2, -0.15) is 4.72 Å². The molecule has 2 aromatic rings. The summed E-state index contributed by atoms with van der Waals surface area (Å²) < 4.78 is 31.9. The molecule has 12 heteroatoms. The predicted octanol–water partition coefficient (Wildman–Crippen LogP) is -1.56. The van der Waals surface area contributed by atoms with E-state index in [9.17, 15) is 18.6 Å². The molecule has 4 atom stereocenters. The average Bonchev–Trinajstić information content (AvgIpc) is 3.11. The van der Waals surface area contributed by atoms with Gasteiger partial charge in [0.2, 0.25) is 10.0 Å². The van der Waals surface area contributed by atoms with Crippen LogP contribution in [0.25, 0.3) is 11.2 Å². The minimum atomic E-state index is -3.87. The quantitative estimate of drug-likeness (QED) is 0.463. The summed E-state index contributed by atoms with van der Waals surface area (Å²) in [6.07, 6.45) is -1.81. The number of nitrogens with one attached hydrogen (secondary N) is 1. The largest absolute Gasteiger partial charge is 0.390 e. The number of imidazole rings is 1. The van der Waals surface area contributed by atoms with Gasteiger partial charge in [-0.15, -0.1) is 0 Å². The molecule has 24 heavy (non-hydrogen) atoms. The van der Waals surface area contributed by atoms with Gasteiger partial charge in [0, 0.05) is 11.8 Å². The van der Waals surface area contributed by atoms with E-state index in [1.54, 1.807) is 0 Å². The molecule has 1 saturated heterocycles. The highest BCUT2D eigenvalue weighted by Gasteiger charge is 2.41. The standard InChI is InChI=1S/C12H16N6O5S/c1-2-24(21,22)17-12(20)9-6(19)3-7(23-9)18-5-16-8-10(13)14-4-15-11(8)18/h2,4-7,9,12,17,19-20H,1,3H2,(H2,13,14,15)/t6-,7+,9-,12?/m0/s1. The number of nitrogens with two attached hydrogens (primary N) is 1. The Bertz CT molecular complexity index is 868. The molecule has 0 saturated carbocycles. The van der Waals surface area contributed by atoms with Gasteiger partial charge in [0.25, 0.3) is 0 Å². The maximum absolute atomic E-state index is 11.4. The van der Waals surface area contributed by atoms with E-state index in [-0.39, 0.29) is 12.2 Å². The fourth-order valence-electron chi connectivity index (χ4n) is 2.50. The molecule has 1 aliphatic heterocycles. The van der Waals surface area contributed by atoms with Crippen molar-refractivity contribution in [3.8, 4) is 0 Å². The zero-order valence-electron chi connectivity index (χ0n) is 12.3. The van der Waals surface area contributed by atoms with Gasteiger partial charge in [-0.25, -0.2) is 23.4 Å². The number of aromatic nitrogens is 4. The molecule has 0 aromatic carbocycles. The number of hydrogen-bond acceptors (Lipinski definition) is 9. The Hall–Kier alpha value is -2.12. The Morgan fingerprint density at radius 2 is 2.25 bits per heavy atom. The normalized spacial score (nSPS) is 25.8. The number of anilines is 1. The average molecular weight is 356 g/mol. The third-order valence-corrected chi connectivity index (χ3v) is 4.66. The zero-order valence-corrected chi connectivity index (χ0v) is 13.2. The van der Waals surface area contributed by atoms with Crippen LogP contribution in [0, 0.1) is 0 Å². The van der Waals surface area contributed by atoms with E-state index < -0.39 is 34.7 Å². The van der Waals surface area contributed by atoms with Crippen molar-refractivity contribution in [2.24, 2.45) is 0 Å². The fraction of sp³-hybridized carbons (Fsp3) is 0.417. The molecule has 1 fully saturated rings.